The van der Waals surface area contributed by atoms with Gasteiger partial charge < -0.3 is 10.6 Å². The maximum absolute atomic E-state index is 13.9. The van der Waals surface area contributed by atoms with Crippen LogP contribution in [0.3, 0.4) is 0 Å². The molecule has 1 aromatic heterocycles. The van der Waals surface area contributed by atoms with E-state index >= 15 is 0 Å². The predicted molar refractivity (Wildman–Crippen MR) is 82.7 cm³/mol. The van der Waals surface area contributed by atoms with Crippen LogP contribution in [0.4, 0.5) is 21.7 Å². The van der Waals surface area contributed by atoms with Crippen LogP contribution < -0.4 is 10.6 Å². The van der Waals surface area contributed by atoms with Gasteiger partial charge in [-0.2, -0.15) is 0 Å². The van der Waals surface area contributed by atoms with Crippen molar-refractivity contribution in [1.29, 1.82) is 0 Å². The number of aryl methyl sites for hydroxylation is 1. The molecule has 21 heavy (non-hydrogen) atoms. The first kappa shape index (κ1) is 13.8. The topological polar surface area (TPSA) is 49.8 Å². The van der Waals surface area contributed by atoms with Gasteiger partial charge in [0.2, 0.25) is 0 Å². The average molecular weight is 286 g/mol. The van der Waals surface area contributed by atoms with Crippen LogP contribution in [0.15, 0.2) is 18.2 Å². The van der Waals surface area contributed by atoms with Crippen molar-refractivity contribution in [2.45, 2.75) is 32.6 Å². The highest BCUT2D eigenvalue weighted by Crippen LogP contribution is 2.39. The van der Waals surface area contributed by atoms with Crippen molar-refractivity contribution in [3.63, 3.8) is 0 Å². The van der Waals surface area contributed by atoms with Gasteiger partial charge in [0, 0.05) is 18.5 Å². The summed E-state index contributed by atoms with van der Waals surface area (Å²) in [6, 6.07) is 5.00. The number of hydrogen-bond acceptors (Lipinski definition) is 4. The predicted octanol–water partition coefficient (Wildman–Crippen LogP) is 3.90. The molecular weight excluding hydrogens is 267 g/mol. The molecule has 0 radical (unpaired) electrons. The molecule has 0 unspecified atom stereocenters. The molecule has 2 N–H and O–H groups in total. The second-order valence-electron chi connectivity index (χ2n) is 5.54. The summed E-state index contributed by atoms with van der Waals surface area (Å²) in [6.45, 7) is 3.87. The molecule has 2 aromatic rings. The summed E-state index contributed by atoms with van der Waals surface area (Å²) in [5.41, 5.74) is 2.34. The van der Waals surface area contributed by atoms with Gasteiger partial charge in [-0.1, -0.05) is 6.07 Å². The summed E-state index contributed by atoms with van der Waals surface area (Å²) in [6.07, 6.45) is 2.26. The number of nitrogens with zero attached hydrogens (tertiary/aromatic N) is 2. The van der Waals surface area contributed by atoms with Crippen molar-refractivity contribution in [1.82, 2.24) is 9.97 Å². The van der Waals surface area contributed by atoms with E-state index < -0.39 is 0 Å². The summed E-state index contributed by atoms with van der Waals surface area (Å²) in [5, 5.41) is 6.20. The fourth-order valence-electron chi connectivity index (χ4n) is 2.29. The van der Waals surface area contributed by atoms with E-state index in [1.165, 1.54) is 6.07 Å². The molecule has 0 bridgehead atoms. The van der Waals surface area contributed by atoms with Gasteiger partial charge in [0.05, 0.1) is 5.69 Å². The molecular formula is C16H19FN4. The van der Waals surface area contributed by atoms with Crippen molar-refractivity contribution in [2.24, 2.45) is 0 Å². The van der Waals surface area contributed by atoms with E-state index in [9.17, 15) is 4.39 Å². The number of benzene rings is 1. The third kappa shape index (κ3) is 2.82. The first-order valence-electron chi connectivity index (χ1n) is 7.18. The lowest BCUT2D eigenvalue weighted by Gasteiger charge is -2.14. The van der Waals surface area contributed by atoms with Crippen LogP contribution in [0.2, 0.25) is 0 Å². The molecule has 3 rings (SSSR count). The highest BCUT2D eigenvalue weighted by atomic mass is 19.1. The molecule has 0 amide bonds. The van der Waals surface area contributed by atoms with Crippen molar-refractivity contribution in [3.05, 3.63) is 41.0 Å². The monoisotopic (exact) mass is 286 g/mol. The zero-order valence-corrected chi connectivity index (χ0v) is 12.5. The van der Waals surface area contributed by atoms with Gasteiger partial charge in [-0.05, 0) is 44.4 Å². The van der Waals surface area contributed by atoms with E-state index in [1.54, 1.807) is 12.1 Å². The second-order valence-corrected chi connectivity index (χ2v) is 5.54. The molecule has 0 saturated heterocycles. The summed E-state index contributed by atoms with van der Waals surface area (Å²) < 4.78 is 13.9. The minimum atomic E-state index is -0.280. The van der Waals surface area contributed by atoms with E-state index in [-0.39, 0.29) is 5.82 Å². The van der Waals surface area contributed by atoms with Crippen molar-refractivity contribution < 1.29 is 4.39 Å². The van der Waals surface area contributed by atoms with Crippen LogP contribution in [0.25, 0.3) is 0 Å². The molecule has 5 heteroatoms. The van der Waals surface area contributed by atoms with Crippen molar-refractivity contribution >= 4 is 17.3 Å². The van der Waals surface area contributed by atoms with Crippen LogP contribution in [0.5, 0.6) is 0 Å². The zero-order valence-electron chi connectivity index (χ0n) is 12.5. The first-order chi connectivity index (χ1) is 10.1. The standard InChI is InChI=1S/C16H19FN4/c1-9-4-7-12(17)13(8-9)19-15-10(2)14(18-3)20-16(21-15)11-5-6-11/h4,7-8,11H,5-6H2,1-3H3,(H2,18,19,20,21). The lowest BCUT2D eigenvalue weighted by Crippen LogP contribution is -2.07. The molecule has 1 heterocycles. The van der Waals surface area contributed by atoms with Gasteiger partial charge >= 0.3 is 0 Å². The highest BCUT2D eigenvalue weighted by Gasteiger charge is 2.28. The quantitative estimate of drug-likeness (QED) is 0.895. The Hall–Kier alpha value is -2.17. The summed E-state index contributed by atoms with van der Waals surface area (Å²) in [5.74, 6) is 2.46. The number of aromatic nitrogens is 2. The van der Waals surface area contributed by atoms with Gasteiger partial charge in [-0.15, -0.1) is 0 Å². The van der Waals surface area contributed by atoms with Crippen LogP contribution >= 0.6 is 0 Å². The second kappa shape index (κ2) is 5.31. The van der Waals surface area contributed by atoms with Crippen LogP contribution in [0, 0.1) is 19.7 Å². The number of anilines is 3. The van der Waals surface area contributed by atoms with Crippen LogP contribution in [-0.2, 0) is 0 Å². The first-order valence-corrected chi connectivity index (χ1v) is 7.18. The van der Waals surface area contributed by atoms with E-state index in [0.29, 0.717) is 17.4 Å². The van der Waals surface area contributed by atoms with E-state index in [0.717, 1.165) is 35.6 Å². The highest BCUT2D eigenvalue weighted by molar-refractivity contribution is 5.65. The van der Waals surface area contributed by atoms with E-state index in [4.69, 9.17) is 0 Å². The Balaban J connectivity index is 2.00. The third-order valence-electron chi connectivity index (χ3n) is 3.72. The van der Waals surface area contributed by atoms with E-state index in [2.05, 4.69) is 20.6 Å². The summed E-state index contributed by atoms with van der Waals surface area (Å²) in [7, 11) is 1.84. The molecule has 0 spiro atoms. The third-order valence-corrected chi connectivity index (χ3v) is 3.72. The number of nitrogens with one attached hydrogen (secondary N) is 2. The molecule has 1 saturated carbocycles. The number of halogens is 1. The molecule has 110 valence electrons. The van der Waals surface area contributed by atoms with Gasteiger partial charge in [0.25, 0.3) is 0 Å². The molecule has 1 aliphatic carbocycles. The van der Waals surface area contributed by atoms with Crippen LogP contribution in [0.1, 0.15) is 35.7 Å². The molecule has 4 nitrogen and oxygen atoms in total. The van der Waals surface area contributed by atoms with Crippen molar-refractivity contribution in [2.75, 3.05) is 17.7 Å². The Labute approximate surface area is 123 Å². The Kier molecular flexibility index (Phi) is 3.49. The SMILES string of the molecule is CNc1nc(C2CC2)nc(Nc2cc(C)ccc2F)c1C. The number of hydrogen-bond donors (Lipinski definition) is 2. The zero-order chi connectivity index (χ0) is 15.0. The molecule has 1 aliphatic rings. The van der Waals surface area contributed by atoms with Crippen LogP contribution in [-0.4, -0.2) is 17.0 Å². The van der Waals surface area contributed by atoms with Gasteiger partial charge in [0.15, 0.2) is 0 Å². The minimum Gasteiger partial charge on any atom is -0.373 e. The summed E-state index contributed by atoms with van der Waals surface area (Å²) in [4.78, 5) is 9.12. The lowest BCUT2D eigenvalue weighted by atomic mass is 10.2. The maximum Gasteiger partial charge on any atom is 0.146 e. The minimum absolute atomic E-state index is 0.280. The number of rotatable bonds is 4. The molecule has 1 fully saturated rings. The fourth-order valence-corrected chi connectivity index (χ4v) is 2.29. The Morgan fingerprint density at radius 3 is 2.52 bits per heavy atom. The molecule has 0 aliphatic heterocycles. The average Bonchev–Trinajstić information content (AvgIpc) is 3.29. The Bertz CT molecular complexity index is 680. The van der Waals surface area contributed by atoms with E-state index in [1.807, 2.05) is 20.9 Å². The molecule has 1 aromatic carbocycles. The fraction of sp³-hybridized carbons (Fsp3) is 0.375. The van der Waals surface area contributed by atoms with Gasteiger partial charge in [0.1, 0.15) is 23.3 Å². The normalized spacial score (nSPS) is 14.1. The van der Waals surface area contributed by atoms with Crippen molar-refractivity contribution in [3.8, 4) is 0 Å². The summed E-state index contributed by atoms with van der Waals surface area (Å²) >= 11 is 0. The smallest absolute Gasteiger partial charge is 0.146 e. The maximum atomic E-state index is 13.9. The largest absolute Gasteiger partial charge is 0.373 e. The van der Waals surface area contributed by atoms with Gasteiger partial charge in [-0.25, -0.2) is 14.4 Å². The Morgan fingerprint density at radius 1 is 1.14 bits per heavy atom. The van der Waals surface area contributed by atoms with Gasteiger partial charge in [-0.3, -0.25) is 0 Å². The molecule has 0 atom stereocenters. The lowest BCUT2D eigenvalue weighted by molar-refractivity contribution is 0.631. The Morgan fingerprint density at radius 2 is 1.86 bits per heavy atom.